The van der Waals surface area contributed by atoms with E-state index >= 15 is 0 Å². The molecule has 11 nitrogen and oxygen atoms in total. The van der Waals surface area contributed by atoms with Gasteiger partial charge in [-0.2, -0.15) is 0 Å². The number of carbonyl (C=O) groups excluding carboxylic acids is 1. The zero-order valence-electron chi connectivity index (χ0n) is 17.8. The minimum absolute atomic E-state index is 0. The molecule has 3 N–H and O–H groups in total. The van der Waals surface area contributed by atoms with Crippen LogP contribution in [0.25, 0.3) is 0 Å². The first-order valence-electron chi connectivity index (χ1n) is 10.1. The number of nitrogens with one attached hydrogen (secondary N) is 1. The van der Waals surface area contributed by atoms with E-state index in [9.17, 15) is 13.2 Å². The zero-order valence-corrected chi connectivity index (χ0v) is 19.4. The summed E-state index contributed by atoms with van der Waals surface area (Å²) in [6, 6.07) is 3.62. The van der Waals surface area contributed by atoms with Gasteiger partial charge in [-0.05, 0) is 31.9 Å². The van der Waals surface area contributed by atoms with Gasteiger partial charge in [-0.3, -0.25) is 15.0 Å². The van der Waals surface area contributed by atoms with Crippen LogP contribution in [0.2, 0.25) is 0 Å². The van der Waals surface area contributed by atoms with Crippen molar-refractivity contribution in [1.29, 1.82) is 0 Å². The molecule has 0 aliphatic carbocycles. The van der Waals surface area contributed by atoms with Crippen LogP contribution in [-0.2, 0) is 19.6 Å². The number of pyridine rings is 1. The summed E-state index contributed by atoms with van der Waals surface area (Å²) in [5, 5.41) is 20.9. The molecule has 1 aromatic heterocycles. The van der Waals surface area contributed by atoms with Crippen LogP contribution in [-0.4, -0.2) is 77.4 Å². The molecule has 2 fully saturated rings. The third-order valence-corrected chi connectivity index (χ3v) is 8.53. The number of hydrogen-bond donors (Lipinski definition) is 3. The summed E-state index contributed by atoms with van der Waals surface area (Å²) in [5.41, 5.74) is 2.82. The molecule has 13 heteroatoms. The molecule has 2 aliphatic rings. The Morgan fingerprint density at radius 1 is 1.34 bits per heavy atom. The molecular weight excluding hydrogens is 464 g/mol. The van der Waals surface area contributed by atoms with Gasteiger partial charge in [0, 0.05) is 50.8 Å². The highest BCUT2D eigenvalue weighted by molar-refractivity contribution is 7.91. The number of ether oxygens (including phenoxy) is 2. The van der Waals surface area contributed by atoms with Crippen molar-refractivity contribution in [3.63, 3.8) is 0 Å². The van der Waals surface area contributed by atoms with E-state index in [4.69, 9.17) is 19.9 Å². The maximum absolute atomic E-state index is 13.3. The molecule has 1 amide bonds. The number of aromatic nitrogens is 1. The average Bonchev–Trinajstić information content (AvgIpc) is 2.82. The fourth-order valence-corrected chi connectivity index (χ4v) is 6.13. The second-order valence-electron chi connectivity index (χ2n) is 7.77. The number of nitrogens with zero attached hydrogens (tertiary/aromatic N) is 3. The lowest BCUT2D eigenvalue weighted by Gasteiger charge is -2.40. The Labute approximate surface area is 193 Å². The summed E-state index contributed by atoms with van der Waals surface area (Å²) in [5.74, 6) is -0.279. The monoisotopic (exact) mass is 492 g/mol. The van der Waals surface area contributed by atoms with Crippen LogP contribution in [0.4, 0.5) is 0 Å². The Bertz CT molecular complexity index is 897. The Hall–Kier alpha value is -1.99. The molecule has 0 spiro atoms. The SMILES string of the molecule is C/C(COc1ccc(C2CCN(S(=O)(=O)C3(C(=O)NO)CCOCC3)CC2)nc1)=N/O.Cl. The van der Waals surface area contributed by atoms with Crippen LogP contribution >= 0.6 is 12.4 Å². The van der Waals surface area contributed by atoms with E-state index < -0.39 is 20.7 Å². The molecule has 0 bridgehead atoms. The predicted molar refractivity (Wildman–Crippen MR) is 117 cm³/mol. The maximum Gasteiger partial charge on any atom is 0.266 e. The van der Waals surface area contributed by atoms with E-state index in [1.807, 2.05) is 6.07 Å². The fourth-order valence-electron chi connectivity index (χ4n) is 3.98. The number of hydrogen-bond acceptors (Lipinski definition) is 9. The first kappa shape index (κ1) is 26.3. The van der Waals surface area contributed by atoms with E-state index in [2.05, 4.69) is 10.1 Å². The van der Waals surface area contributed by atoms with Gasteiger partial charge in [0.1, 0.15) is 12.4 Å². The van der Waals surface area contributed by atoms with Crippen LogP contribution in [0.5, 0.6) is 5.75 Å². The first-order valence-corrected chi connectivity index (χ1v) is 11.6. The van der Waals surface area contributed by atoms with Gasteiger partial charge in [-0.25, -0.2) is 18.2 Å². The van der Waals surface area contributed by atoms with Crippen LogP contribution in [0.1, 0.15) is 44.2 Å². The number of oxime groups is 1. The fraction of sp³-hybridized carbons (Fsp3) is 0.632. The Morgan fingerprint density at radius 3 is 2.53 bits per heavy atom. The van der Waals surface area contributed by atoms with Crippen molar-refractivity contribution in [2.45, 2.75) is 43.3 Å². The summed E-state index contributed by atoms with van der Waals surface area (Å²) >= 11 is 0. The molecule has 0 unspecified atom stereocenters. The zero-order chi connectivity index (χ0) is 22.5. The van der Waals surface area contributed by atoms with E-state index in [1.54, 1.807) is 19.2 Å². The van der Waals surface area contributed by atoms with Crippen molar-refractivity contribution in [3.8, 4) is 5.75 Å². The highest BCUT2D eigenvalue weighted by Crippen LogP contribution is 2.36. The number of carbonyl (C=O) groups is 1. The van der Waals surface area contributed by atoms with E-state index in [0.29, 0.717) is 24.3 Å². The van der Waals surface area contributed by atoms with Gasteiger partial charge >= 0.3 is 0 Å². The molecule has 0 aromatic carbocycles. The second-order valence-corrected chi connectivity index (χ2v) is 10.0. The molecule has 32 heavy (non-hydrogen) atoms. The van der Waals surface area contributed by atoms with Crippen molar-refractivity contribution in [1.82, 2.24) is 14.8 Å². The Kier molecular flexibility index (Phi) is 9.22. The molecular formula is C19H29ClN4O7S. The third kappa shape index (κ3) is 5.31. The second kappa shape index (κ2) is 11.2. The van der Waals surface area contributed by atoms with Crippen molar-refractivity contribution in [2.75, 3.05) is 32.9 Å². The maximum atomic E-state index is 13.3. The van der Waals surface area contributed by atoms with Gasteiger partial charge in [-0.15, -0.1) is 12.4 Å². The number of sulfonamides is 1. The number of amides is 1. The molecule has 3 heterocycles. The normalized spacial score (nSPS) is 20.2. The van der Waals surface area contributed by atoms with E-state index in [1.165, 1.54) is 9.79 Å². The largest absolute Gasteiger partial charge is 0.486 e. The molecule has 0 saturated carbocycles. The summed E-state index contributed by atoms with van der Waals surface area (Å²) in [4.78, 5) is 16.8. The van der Waals surface area contributed by atoms with Gasteiger partial charge < -0.3 is 14.7 Å². The molecule has 0 radical (unpaired) electrons. The summed E-state index contributed by atoms with van der Waals surface area (Å²) in [6.45, 7) is 2.61. The average molecular weight is 493 g/mol. The van der Waals surface area contributed by atoms with Gasteiger partial charge in [0.25, 0.3) is 5.91 Å². The summed E-state index contributed by atoms with van der Waals surface area (Å²) in [7, 11) is -3.98. The quantitative estimate of drug-likeness (QED) is 0.223. The van der Waals surface area contributed by atoms with Gasteiger partial charge in [0.05, 0.1) is 11.9 Å². The highest BCUT2D eigenvalue weighted by atomic mass is 35.5. The van der Waals surface area contributed by atoms with Crippen LogP contribution in [0, 0.1) is 0 Å². The third-order valence-electron chi connectivity index (χ3n) is 5.90. The van der Waals surface area contributed by atoms with Crippen molar-refractivity contribution >= 4 is 34.0 Å². The minimum Gasteiger partial charge on any atom is -0.486 e. The molecule has 2 saturated heterocycles. The number of halogens is 1. The van der Waals surface area contributed by atoms with E-state index in [0.717, 1.165) is 5.69 Å². The highest BCUT2D eigenvalue weighted by Gasteiger charge is 2.54. The van der Waals surface area contributed by atoms with Crippen molar-refractivity contribution < 1.29 is 33.1 Å². The first-order chi connectivity index (χ1) is 14.8. The molecule has 1 aromatic rings. The summed E-state index contributed by atoms with van der Waals surface area (Å²) < 4.78 is 37.0. The molecule has 0 atom stereocenters. The number of hydroxylamine groups is 1. The topological polar surface area (TPSA) is 151 Å². The predicted octanol–water partition coefficient (Wildman–Crippen LogP) is 1.30. The standard InChI is InChI=1S/C19H28N4O7S.ClH/c1-14(21-25)13-30-16-2-3-17(20-12-16)15-4-8-23(9-5-15)31(27,28)19(18(24)22-26)6-10-29-11-7-19;/h2-3,12,15,25-26H,4-11,13H2,1H3,(H,22,24);1H/b21-14-;. The lowest BCUT2D eigenvalue weighted by molar-refractivity contribution is -0.134. The number of rotatable bonds is 7. The lowest BCUT2D eigenvalue weighted by atomic mass is 9.94. The molecule has 2 aliphatic heterocycles. The lowest BCUT2D eigenvalue weighted by Crippen LogP contribution is -2.60. The molecule has 180 valence electrons. The molecule has 3 rings (SSSR count). The smallest absolute Gasteiger partial charge is 0.266 e. The van der Waals surface area contributed by atoms with Crippen LogP contribution in [0.15, 0.2) is 23.5 Å². The van der Waals surface area contributed by atoms with Crippen LogP contribution < -0.4 is 10.2 Å². The Morgan fingerprint density at radius 2 is 2.00 bits per heavy atom. The van der Waals surface area contributed by atoms with E-state index in [-0.39, 0.29) is 64.1 Å². The van der Waals surface area contributed by atoms with Gasteiger partial charge in [-0.1, -0.05) is 5.16 Å². The van der Waals surface area contributed by atoms with Gasteiger partial charge in [0.15, 0.2) is 4.75 Å². The summed E-state index contributed by atoms with van der Waals surface area (Å²) in [6.07, 6.45) is 2.73. The number of piperidine rings is 1. The van der Waals surface area contributed by atoms with Crippen molar-refractivity contribution in [2.24, 2.45) is 5.16 Å². The van der Waals surface area contributed by atoms with Gasteiger partial charge in [0.2, 0.25) is 10.0 Å². The van der Waals surface area contributed by atoms with Crippen LogP contribution in [0.3, 0.4) is 0 Å². The van der Waals surface area contributed by atoms with Crippen molar-refractivity contribution in [3.05, 3.63) is 24.0 Å². The minimum atomic E-state index is -3.98. The Balaban J connectivity index is 0.00000363.